The van der Waals surface area contributed by atoms with Crippen molar-refractivity contribution in [2.75, 3.05) is 0 Å². The van der Waals surface area contributed by atoms with Crippen molar-refractivity contribution in [3.63, 3.8) is 0 Å². The molecule has 0 spiro atoms. The first-order valence-corrected chi connectivity index (χ1v) is 5.75. The van der Waals surface area contributed by atoms with Crippen molar-refractivity contribution in [3.8, 4) is 11.4 Å². The molecule has 0 atom stereocenters. The van der Waals surface area contributed by atoms with Crippen LogP contribution in [0.5, 0.6) is 0 Å². The van der Waals surface area contributed by atoms with E-state index in [0.717, 1.165) is 9.64 Å². The molecule has 0 aliphatic carbocycles. The number of H-pyrrole nitrogens is 1. The molecule has 17 heavy (non-hydrogen) atoms. The maximum absolute atomic E-state index is 11.3. The smallest absolute Gasteiger partial charge is 0.354 e. The number of carboxylic acid groups (broad SMARTS) is 1. The Morgan fingerprint density at radius 1 is 1.35 bits per heavy atom. The number of hydrogen-bond acceptors (Lipinski definition) is 3. The molecule has 5 nitrogen and oxygen atoms in total. The zero-order valence-electron chi connectivity index (χ0n) is 8.48. The van der Waals surface area contributed by atoms with E-state index in [1.165, 1.54) is 0 Å². The third-order valence-corrected chi connectivity index (χ3v) is 2.73. The molecular formula is C11H7IN2O3. The van der Waals surface area contributed by atoms with Gasteiger partial charge in [0.25, 0.3) is 5.56 Å². The number of nitrogens with one attached hydrogen (secondary N) is 1. The Kier molecular flexibility index (Phi) is 3.23. The van der Waals surface area contributed by atoms with E-state index in [9.17, 15) is 9.59 Å². The van der Waals surface area contributed by atoms with Crippen LogP contribution in [-0.4, -0.2) is 21.0 Å². The predicted molar refractivity (Wildman–Crippen MR) is 70.0 cm³/mol. The first kappa shape index (κ1) is 11.8. The summed E-state index contributed by atoms with van der Waals surface area (Å²) in [5, 5.41) is 8.82. The number of carboxylic acids is 1. The fourth-order valence-electron chi connectivity index (χ4n) is 1.34. The van der Waals surface area contributed by atoms with E-state index in [1.54, 1.807) is 6.07 Å². The molecule has 1 aromatic heterocycles. The predicted octanol–water partition coefficient (Wildman–Crippen LogP) is 1.74. The SMILES string of the molecule is O=C(O)c1cc(=O)[nH]c(-c2cccc(I)c2)n1. The van der Waals surface area contributed by atoms with Crippen molar-refractivity contribution < 1.29 is 9.90 Å². The summed E-state index contributed by atoms with van der Waals surface area (Å²) in [5.41, 5.74) is -0.0639. The number of nitrogens with zero attached hydrogens (tertiary/aromatic N) is 1. The number of benzene rings is 1. The Bertz CT molecular complexity index is 637. The van der Waals surface area contributed by atoms with Crippen molar-refractivity contribution in [1.82, 2.24) is 9.97 Å². The maximum atomic E-state index is 11.3. The second kappa shape index (κ2) is 4.66. The molecule has 0 bridgehead atoms. The molecule has 0 aliphatic rings. The number of hydrogen-bond donors (Lipinski definition) is 2. The molecular weight excluding hydrogens is 335 g/mol. The second-order valence-electron chi connectivity index (χ2n) is 3.29. The van der Waals surface area contributed by atoms with E-state index < -0.39 is 11.5 Å². The van der Waals surface area contributed by atoms with E-state index in [4.69, 9.17) is 5.11 Å². The summed E-state index contributed by atoms with van der Waals surface area (Å²) in [6, 6.07) is 8.23. The third-order valence-electron chi connectivity index (χ3n) is 2.06. The fraction of sp³-hybridized carbons (Fsp3) is 0. The average Bonchev–Trinajstić information content (AvgIpc) is 2.28. The quantitative estimate of drug-likeness (QED) is 0.815. The molecule has 6 heteroatoms. The van der Waals surface area contributed by atoms with Crippen LogP contribution in [0.4, 0.5) is 0 Å². The molecule has 0 fully saturated rings. The maximum Gasteiger partial charge on any atom is 0.354 e. The molecule has 2 N–H and O–H groups in total. The van der Waals surface area contributed by atoms with E-state index in [1.807, 2.05) is 18.2 Å². The van der Waals surface area contributed by atoms with Gasteiger partial charge in [-0.1, -0.05) is 12.1 Å². The van der Waals surface area contributed by atoms with E-state index >= 15 is 0 Å². The molecule has 86 valence electrons. The summed E-state index contributed by atoms with van der Waals surface area (Å²) in [7, 11) is 0. The first-order valence-electron chi connectivity index (χ1n) is 4.67. The van der Waals surface area contributed by atoms with E-state index in [-0.39, 0.29) is 11.5 Å². The lowest BCUT2D eigenvalue weighted by Gasteiger charge is -2.02. The van der Waals surface area contributed by atoms with Crippen LogP contribution < -0.4 is 5.56 Å². The Morgan fingerprint density at radius 3 is 2.76 bits per heavy atom. The largest absolute Gasteiger partial charge is 0.477 e. The summed E-state index contributed by atoms with van der Waals surface area (Å²) >= 11 is 2.13. The molecule has 0 saturated heterocycles. The van der Waals surface area contributed by atoms with Gasteiger partial charge in [0, 0.05) is 15.2 Å². The standard InChI is InChI=1S/C11H7IN2O3/c12-7-3-1-2-6(4-7)10-13-8(11(16)17)5-9(15)14-10/h1-5H,(H,16,17)(H,13,14,15). The summed E-state index contributed by atoms with van der Waals surface area (Å²) in [6.45, 7) is 0. The minimum absolute atomic E-state index is 0.258. The molecule has 0 saturated carbocycles. The molecule has 2 rings (SSSR count). The lowest BCUT2D eigenvalue weighted by atomic mass is 10.2. The van der Waals surface area contributed by atoms with Crippen LogP contribution in [0.15, 0.2) is 35.1 Å². The van der Waals surface area contributed by atoms with Gasteiger partial charge in [-0.05, 0) is 34.7 Å². The molecule has 1 heterocycles. The monoisotopic (exact) mass is 342 g/mol. The third kappa shape index (κ3) is 2.70. The molecule has 1 aromatic carbocycles. The lowest BCUT2D eigenvalue weighted by Crippen LogP contribution is -2.13. The number of aromatic carboxylic acids is 1. The van der Waals surface area contributed by atoms with Gasteiger partial charge >= 0.3 is 5.97 Å². The number of aromatic nitrogens is 2. The zero-order chi connectivity index (χ0) is 12.4. The van der Waals surface area contributed by atoms with Crippen molar-refractivity contribution in [2.24, 2.45) is 0 Å². The van der Waals surface area contributed by atoms with Crippen LogP contribution in [-0.2, 0) is 0 Å². The minimum Gasteiger partial charge on any atom is -0.477 e. The highest BCUT2D eigenvalue weighted by Gasteiger charge is 2.09. The molecule has 0 aliphatic heterocycles. The molecule has 0 unspecified atom stereocenters. The van der Waals surface area contributed by atoms with Gasteiger partial charge in [-0.15, -0.1) is 0 Å². The van der Waals surface area contributed by atoms with Crippen molar-refractivity contribution in [3.05, 3.63) is 49.9 Å². The number of aromatic amines is 1. The Morgan fingerprint density at radius 2 is 2.12 bits per heavy atom. The second-order valence-corrected chi connectivity index (χ2v) is 4.54. The number of rotatable bonds is 2. The van der Waals surface area contributed by atoms with Crippen LogP contribution in [0.25, 0.3) is 11.4 Å². The first-order chi connectivity index (χ1) is 8.06. The van der Waals surface area contributed by atoms with Gasteiger partial charge in [0.15, 0.2) is 5.69 Å². The minimum atomic E-state index is -1.22. The zero-order valence-corrected chi connectivity index (χ0v) is 10.6. The molecule has 2 aromatic rings. The highest BCUT2D eigenvalue weighted by molar-refractivity contribution is 14.1. The summed E-state index contributed by atoms with van der Waals surface area (Å²) in [5.74, 6) is -0.962. The van der Waals surface area contributed by atoms with Gasteiger partial charge in [-0.25, -0.2) is 9.78 Å². The van der Waals surface area contributed by atoms with Crippen LogP contribution in [0.2, 0.25) is 0 Å². The van der Waals surface area contributed by atoms with Gasteiger partial charge in [-0.2, -0.15) is 0 Å². The normalized spacial score (nSPS) is 10.2. The highest BCUT2D eigenvalue weighted by Crippen LogP contribution is 2.16. The van der Waals surface area contributed by atoms with Crippen LogP contribution >= 0.6 is 22.6 Å². The summed E-state index contributed by atoms with van der Waals surface area (Å²) in [6.07, 6.45) is 0. The Hall–Kier alpha value is -1.70. The van der Waals surface area contributed by atoms with E-state index in [0.29, 0.717) is 5.56 Å². The van der Waals surface area contributed by atoms with Gasteiger partial charge < -0.3 is 10.1 Å². The Labute approximate surface area is 110 Å². The van der Waals surface area contributed by atoms with Crippen molar-refractivity contribution >= 4 is 28.6 Å². The van der Waals surface area contributed by atoms with Crippen molar-refractivity contribution in [2.45, 2.75) is 0 Å². The lowest BCUT2D eigenvalue weighted by molar-refractivity contribution is 0.0690. The summed E-state index contributed by atoms with van der Waals surface area (Å²) in [4.78, 5) is 28.5. The Balaban J connectivity index is 2.60. The van der Waals surface area contributed by atoms with Gasteiger partial charge in [0.1, 0.15) is 5.82 Å². The van der Waals surface area contributed by atoms with Crippen LogP contribution in [0.1, 0.15) is 10.5 Å². The summed E-state index contributed by atoms with van der Waals surface area (Å²) < 4.78 is 0.975. The van der Waals surface area contributed by atoms with Crippen molar-refractivity contribution in [1.29, 1.82) is 0 Å². The average molecular weight is 342 g/mol. The topological polar surface area (TPSA) is 83.0 Å². The highest BCUT2D eigenvalue weighted by atomic mass is 127. The number of carbonyl (C=O) groups is 1. The number of halogens is 1. The molecule has 0 amide bonds. The molecule has 0 radical (unpaired) electrons. The van der Waals surface area contributed by atoms with E-state index in [2.05, 4.69) is 32.6 Å². The van der Waals surface area contributed by atoms with Gasteiger partial charge in [-0.3, -0.25) is 4.79 Å². The van der Waals surface area contributed by atoms with Crippen LogP contribution in [0.3, 0.4) is 0 Å². The van der Waals surface area contributed by atoms with Crippen LogP contribution in [0, 0.1) is 3.57 Å². The van der Waals surface area contributed by atoms with Gasteiger partial charge in [0.05, 0.1) is 0 Å². The fourth-order valence-corrected chi connectivity index (χ4v) is 1.88. The van der Waals surface area contributed by atoms with Gasteiger partial charge in [0.2, 0.25) is 0 Å².